The molecule has 118 valence electrons. The summed E-state index contributed by atoms with van der Waals surface area (Å²) >= 11 is 0. The summed E-state index contributed by atoms with van der Waals surface area (Å²) in [5.74, 6) is 0.453. The lowest BCUT2D eigenvalue weighted by Crippen LogP contribution is -2.30. The van der Waals surface area contributed by atoms with Gasteiger partial charge in [-0.05, 0) is 56.7 Å². The van der Waals surface area contributed by atoms with E-state index in [0.717, 1.165) is 12.1 Å². The Morgan fingerprint density at radius 3 is 2.76 bits per heavy atom. The number of halogens is 1. The molecule has 0 saturated heterocycles. The van der Waals surface area contributed by atoms with Gasteiger partial charge < -0.3 is 15.8 Å². The minimum absolute atomic E-state index is 0. The van der Waals surface area contributed by atoms with Crippen molar-refractivity contribution in [2.75, 3.05) is 19.0 Å². The van der Waals surface area contributed by atoms with Gasteiger partial charge in [-0.1, -0.05) is 12.1 Å². The molecule has 0 aromatic heterocycles. The van der Waals surface area contributed by atoms with Gasteiger partial charge >= 0.3 is 0 Å². The minimum atomic E-state index is -0.289. The number of hydrogen-bond acceptors (Lipinski definition) is 2. The predicted molar refractivity (Wildman–Crippen MR) is 99.7 cm³/mol. The lowest BCUT2D eigenvalue weighted by atomic mass is 9.90. The van der Waals surface area contributed by atoms with Gasteiger partial charge in [-0.3, -0.25) is 4.99 Å². The first-order valence-electron chi connectivity index (χ1n) is 7.25. The number of guanidine groups is 1. The third kappa shape index (κ3) is 5.14. The molecule has 1 aromatic carbocycles. The highest BCUT2D eigenvalue weighted by Crippen LogP contribution is 2.27. The Kier molecular flexibility index (Phi) is 6.93. The molecule has 1 aliphatic rings. The molecule has 2 rings (SSSR count). The van der Waals surface area contributed by atoms with Crippen molar-refractivity contribution in [3.63, 3.8) is 0 Å². The highest BCUT2D eigenvalue weighted by molar-refractivity contribution is 14.0. The third-order valence-corrected chi connectivity index (χ3v) is 3.84. The lowest BCUT2D eigenvalue weighted by molar-refractivity contribution is 0.0312. The molecule has 3 N–H and O–H groups in total. The van der Waals surface area contributed by atoms with Gasteiger partial charge in [0.25, 0.3) is 0 Å². The molecule has 0 spiro atoms. The number of aryl methyl sites for hydroxylation is 1. The fraction of sp³-hybridized carbons (Fsp3) is 0.562. The molecular formula is C16H26IN3O. The fourth-order valence-electron chi connectivity index (χ4n) is 2.42. The second-order valence-corrected chi connectivity index (χ2v) is 5.94. The molecule has 21 heavy (non-hydrogen) atoms. The van der Waals surface area contributed by atoms with E-state index in [0.29, 0.717) is 12.5 Å². The van der Waals surface area contributed by atoms with Crippen LogP contribution in [-0.2, 0) is 17.6 Å². The Hall–Kier alpha value is -0.820. The van der Waals surface area contributed by atoms with Crippen LogP contribution in [0.2, 0.25) is 0 Å². The highest BCUT2D eigenvalue weighted by Gasteiger charge is 2.16. The molecule has 0 aliphatic heterocycles. The molecule has 5 heteroatoms. The monoisotopic (exact) mass is 403 g/mol. The summed E-state index contributed by atoms with van der Waals surface area (Å²) in [6.07, 6.45) is 4.81. The number of aliphatic imine (C=N–C) groups is 1. The van der Waals surface area contributed by atoms with Crippen LogP contribution in [0.25, 0.3) is 0 Å². The van der Waals surface area contributed by atoms with Crippen LogP contribution in [0.1, 0.15) is 37.8 Å². The summed E-state index contributed by atoms with van der Waals surface area (Å²) < 4.78 is 5.34. The van der Waals surface area contributed by atoms with Crippen molar-refractivity contribution >= 4 is 35.6 Å². The van der Waals surface area contributed by atoms with Crippen LogP contribution in [0.5, 0.6) is 0 Å². The van der Waals surface area contributed by atoms with Crippen LogP contribution < -0.4 is 11.1 Å². The number of benzene rings is 1. The molecule has 0 bridgehead atoms. The van der Waals surface area contributed by atoms with Crippen molar-refractivity contribution in [3.8, 4) is 0 Å². The summed E-state index contributed by atoms with van der Waals surface area (Å²) in [6, 6.07) is 6.37. The Balaban J connectivity index is 0.00000220. The Bertz CT molecular complexity index is 500. The smallest absolute Gasteiger partial charge is 0.193 e. The summed E-state index contributed by atoms with van der Waals surface area (Å²) in [4.78, 5) is 4.37. The van der Waals surface area contributed by atoms with E-state index in [1.165, 1.54) is 30.4 Å². The average Bonchev–Trinajstić information content (AvgIpc) is 2.46. The van der Waals surface area contributed by atoms with Crippen molar-refractivity contribution in [1.29, 1.82) is 0 Å². The number of fused-ring (bicyclic) bond motifs is 1. The number of rotatable bonds is 4. The van der Waals surface area contributed by atoms with Gasteiger partial charge in [0, 0.05) is 12.8 Å². The zero-order valence-corrected chi connectivity index (χ0v) is 15.4. The van der Waals surface area contributed by atoms with Crippen LogP contribution in [0, 0.1) is 0 Å². The molecule has 0 unspecified atom stereocenters. The minimum Gasteiger partial charge on any atom is -0.377 e. The van der Waals surface area contributed by atoms with E-state index in [4.69, 9.17) is 10.5 Å². The molecule has 0 radical (unpaired) electrons. The number of ether oxygens (including phenoxy) is 1. The van der Waals surface area contributed by atoms with Crippen molar-refractivity contribution in [2.24, 2.45) is 10.7 Å². The molecule has 0 amide bonds. The molecule has 4 nitrogen and oxygen atoms in total. The second-order valence-electron chi connectivity index (χ2n) is 5.94. The van der Waals surface area contributed by atoms with E-state index in [1.54, 1.807) is 7.11 Å². The molecule has 0 saturated carbocycles. The number of nitrogens with one attached hydrogen (secondary N) is 1. The van der Waals surface area contributed by atoms with Gasteiger partial charge in [0.2, 0.25) is 0 Å². The Morgan fingerprint density at radius 2 is 2.05 bits per heavy atom. The van der Waals surface area contributed by atoms with Crippen LogP contribution >= 0.6 is 24.0 Å². The first kappa shape index (κ1) is 18.2. The zero-order chi connectivity index (χ0) is 14.6. The number of anilines is 1. The van der Waals surface area contributed by atoms with Gasteiger partial charge in [-0.25, -0.2) is 0 Å². The molecule has 1 aliphatic carbocycles. The largest absolute Gasteiger partial charge is 0.377 e. The standard InChI is InChI=1S/C16H25N3O.HI/c1-16(2,20-3)11-18-15(17)19-14-10-6-8-12-7-4-5-9-13(12)14;/h6,8,10H,4-5,7,9,11H2,1-3H3,(H3,17,18,19);1H. The maximum absolute atomic E-state index is 5.98. The van der Waals surface area contributed by atoms with Crippen LogP contribution in [-0.4, -0.2) is 25.2 Å². The molecule has 0 atom stereocenters. The number of methoxy groups -OCH3 is 1. The van der Waals surface area contributed by atoms with Crippen LogP contribution in [0.3, 0.4) is 0 Å². The lowest BCUT2D eigenvalue weighted by Gasteiger charge is -2.22. The fourth-order valence-corrected chi connectivity index (χ4v) is 2.42. The van der Waals surface area contributed by atoms with Gasteiger partial charge in [0.05, 0.1) is 12.1 Å². The van der Waals surface area contributed by atoms with Crippen LogP contribution in [0.4, 0.5) is 5.69 Å². The van der Waals surface area contributed by atoms with Crippen molar-refractivity contribution < 1.29 is 4.74 Å². The van der Waals surface area contributed by atoms with E-state index in [2.05, 4.69) is 28.5 Å². The summed E-state index contributed by atoms with van der Waals surface area (Å²) in [5, 5.41) is 3.24. The van der Waals surface area contributed by atoms with E-state index in [9.17, 15) is 0 Å². The SMILES string of the molecule is COC(C)(C)CN=C(N)Nc1cccc2c1CCCC2.I. The maximum atomic E-state index is 5.98. The molecule has 1 aromatic rings. The summed E-state index contributed by atoms with van der Waals surface area (Å²) in [6.45, 7) is 4.53. The van der Waals surface area contributed by atoms with Crippen molar-refractivity contribution in [3.05, 3.63) is 29.3 Å². The maximum Gasteiger partial charge on any atom is 0.193 e. The van der Waals surface area contributed by atoms with E-state index < -0.39 is 0 Å². The normalized spacial score (nSPS) is 15.1. The molecule has 0 heterocycles. The predicted octanol–water partition coefficient (Wildman–Crippen LogP) is 3.34. The quantitative estimate of drug-likeness (QED) is 0.461. The number of nitrogens with zero attached hydrogens (tertiary/aromatic N) is 1. The van der Waals surface area contributed by atoms with Gasteiger partial charge in [0.15, 0.2) is 5.96 Å². The van der Waals surface area contributed by atoms with Gasteiger partial charge in [0.1, 0.15) is 0 Å². The highest BCUT2D eigenvalue weighted by atomic mass is 127. The zero-order valence-electron chi connectivity index (χ0n) is 13.1. The Labute approximate surface area is 144 Å². The first-order valence-corrected chi connectivity index (χ1v) is 7.25. The van der Waals surface area contributed by atoms with Crippen LogP contribution in [0.15, 0.2) is 23.2 Å². The van der Waals surface area contributed by atoms with E-state index in [1.807, 2.05) is 13.8 Å². The van der Waals surface area contributed by atoms with Gasteiger partial charge in [-0.15, -0.1) is 24.0 Å². The van der Waals surface area contributed by atoms with E-state index >= 15 is 0 Å². The number of nitrogens with two attached hydrogens (primary N) is 1. The first-order chi connectivity index (χ1) is 9.52. The second kappa shape index (κ2) is 7.98. The number of hydrogen-bond donors (Lipinski definition) is 2. The summed E-state index contributed by atoms with van der Waals surface area (Å²) in [5.41, 5.74) is 9.62. The third-order valence-electron chi connectivity index (χ3n) is 3.84. The van der Waals surface area contributed by atoms with Gasteiger partial charge in [-0.2, -0.15) is 0 Å². The average molecular weight is 403 g/mol. The summed E-state index contributed by atoms with van der Waals surface area (Å²) in [7, 11) is 1.69. The molecular weight excluding hydrogens is 377 g/mol. The topological polar surface area (TPSA) is 59.6 Å². The van der Waals surface area contributed by atoms with Crippen molar-refractivity contribution in [2.45, 2.75) is 45.1 Å². The van der Waals surface area contributed by atoms with Crippen molar-refractivity contribution in [1.82, 2.24) is 0 Å². The Morgan fingerprint density at radius 1 is 1.33 bits per heavy atom. The van der Waals surface area contributed by atoms with E-state index in [-0.39, 0.29) is 29.6 Å². The molecule has 0 fully saturated rings.